The summed E-state index contributed by atoms with van der Waals surface area (Å²) < 4.78 is -0.339. The highest BCUT2D eigenvalue weighted by Crippen LogP contribution is 2.24. The topological polar surface area (TPSA) is 127 Å². The van der Waals surface area contributed by atoms with Crippen LogP contribution in [-0.4, -0.2) is 39.5 Å². The van der Waals surface area contributed by atoms with Gasteiger partial charge in [0.2, 0.25) is 5.91 Å². The van der Waals surface area contributed by atoms with Crippen LogP contribution < -0.4 is 22.3 Å². The molecular formula is C12H23Cl2N5O2S. The molecule has 0 fully saturated rings. The van der Waals surface area contributed by atoms with Crippen molar-refractivity contribution < 1.29 is 4.79 Å². The number of thioether (sulfide) groups is 1. The van der Waals surface area contributed by atoms with E-state index in [0.29, 0.717) is 18.8 Å². The van der Waals surface area contributed by atoms with Crippen molar-refractivity contribution >= 4 is 48.3 Å². The van der Waals surface area contributed by atoms with E-state index in [0.717, 1.165) is 0 Å². The zero-order valence-corrected chi connectivity index (χ0v) is 15.2. The van der Waals surface area contributed by atoms with Gasteiger partial charge in [0.15, 0.2) is 0 Å². The van der Waals surface area contributed by atoms with Crippen LogP contribution in [0.4, 0.5) is 5.82 Å². The molecular weight excluding hydrogens is 349 g/mol. The second-order valence-corrected chi connectivity index (χ2v) is 6.40. The third-order valence-corrected chi connectivity index (χ3v) is 4.34. The fraction of sp³-hybridized carbons (Fsp3) is 0.583. The van der Waals surface area contributed by atoms with Gasteiger partial charge in [0.05, 0.1) is 6.04 Å². The van der Waals surface area contributed by atoms with Gasteiger partial charge in [-0.15, -0.1) is 24.8 Å². The maximum atomic E-state index is 11.9. The van der Waals surface area contributed by atoms with Crippen molar-refractivity contribution in [1.82, 2.24) is 15.3 Å². The van der Waals surface area contributed by atoms with E-state index in [1.165, 1.54) is 17.8 Å². The average Bonchev–Trinajstić information content (AvgIpc) is 2.36. The molecule has 0 saturated heterocycles. The van der Waals surface area contributed by atoms with Crippen LogP contribution in [0.5, 0.6) is 0 Å². The van der Waals surface area contributed by atoms with Gasteiger partial charge < -0.3 is 21.8 Å². The van der Waals surface area contributed by atoms with Crippen molar-refractivity contribution in [3.05, 3.63) is 22.2 Å². The number of nitrogens with zero attached hydrogens (tertiary/aromatic N) is 1. The van der Waals surface area contributed by atoms with Gasteiger partial charge >= 0.3 is 0 Å². The third-order valence-electron chi connectivity index (χ3n) is 3.03. The number of carbonyl (C=O) groups is 1. The smallest absolute Gasteiger partial charge is 0.252 e. The fourth-order valence-electron chi connectivity index (χ4n) is 1.50. The number of rotatable bonds is 6. The van der Waals surface area contributed by atoms with Crippen LogP contribution in [0, 0.1) is 0 Å². The van der Waals surface area contributed by atoms with Crippen molar-refractivity contribution in [2.24, 2.45) is 5.73 Å². The van der Waals surface area contributed by atoms with Gasteiger partial charge in [-0.25, -0.2) is 4.98 Å². The van der Waals surface area contributed by atoms with E-state index in [-0.39, 0.29) is 46.8 Å². The summed E-state index contributed by atoms with van der Waals surface area (Å²) in [7, 11) is 0. The predicted molar refractivity (Wildman–Crippen MR) is 96.0 cm³/mol. The van der Waals surface area contributed by atoms with Crippen LogP contribution in [0.2, 0.25) is 0 Å². The largest absolute Gasteiger partial charge is 0.383 e. The minimum Gasteiger partial charge on any atom is -0.383 e. The highest BCUT2D eigenvalue weighted by molar-refractivity contribution is 8.00. The second kappa shape index (κ2) is 9.94. The molecule has 0 aliphatic rings. The Balaban J connectivity index is 0. The highest BCUT2D eigenvalue weighted by Gasteiger charge is 2.30. The second-order valence-electron chi connectivity index (χ2n) is 4.94. The first-order valence-corrected chi connectivity index (χ1v) is 7.43. The number of hydrogen-bond donors (Lipinski definition) is 4. The van der Waals surface area contributed by atoms with Crippen LogP contribution in [0.25, 0.3) is 0 Å². The number of nitrogens with two attached hydrogens (primary N) is 2. The van der Waals surface area contributed by atoms with Crippen molar-refractivity contribution in [2.75, 3.05) is 18.5 Å². The molecule has 1 aromatic heterocycles. The first-order chi connectivity index (χ1) is 9.26. The molecule has 10 heteroatoms. The lowest BCUT2D eigenvalue weighted by Gasteiger charge is -2.28. The number of H-pyrrole nitrogens is 1. The van der Waals surface area contributed by atoms with E-state index in [9.17, 15) is 9.59 Å². The Morgan fingerprint density at radius 3 is 2.59 bits per heavy atom. The van der Waals surface area contributed by atoms with E-state index >= 15 is 0 Å². The number of nitrogen functional groups attached to an aromatic ring is 1. The summed E-state index contributed by atoms with van der Waals surface area (Å²) in [4.78, 5) is 29.6. The SMILES string of the molecule is CSC(C)(C)[C@H](N)C(=O)NCCc1nc(N)cc(=O)[nH]1.Cl.Cl. The van der Waals surface area contributed by atoms with Crippen molar-refractivity contribution in [3.8, 4) is 0 Å². The van der Waals surface area contributed by atoms with E-state index in [1.807, 2.05) is 20.1 Å². The van der Waals surface area contributed by atoms with Crippen molar-refractivity contribution in [1.29, 1.82) is 0 Å². The summed E-state index contributed by atoms with van der Waals surface area (Å²) in [6.45, 7) is 4.17. The summed E-state index contributed by atoms with van der Waals surface area (Å²) in [6, 6.07) is 0.601. The third kappa shape index (κ3) is 6.87. The molecule has 0 unspecified atom stereocenters. The monoisotopic (exact) mass is 371 g/mol. The molecule has 6 N–H and O–H groups in total. The van der Waals surface area contributed by atoms with Crippen molar-refractivity contribution in [2.45, 2.75) is 31.1 Å². The standard InChI is InChI=1S/C12H21N5O2S.2ClH/c1-12(2,20-3)10(14)11(19)15-5-4-8-16-7(13)6-9(18)17-8;;/h6,10H,4-5,14H2,1-3H3,(H,15,19)(H3,13,16,17,18);2*1H/t10-;;/m1../s1. The first kappa shape index (κ1) is 23.3. The average molecular weight is 372 g/mol. The molecule has 1 amide bonds. The maximum absolute atomic E-state index is 11.9. The van der Waals surface area contributed by atoms with Crippen LogP contribution in [0.15, 0.2) is 10.9 Å². The van der Waals surface area contributed by atoms with Crippen LogP contribution in [-0.2, 0) is 11.2 Å². The molecule has 22 heavy (non-hydrogen) atoms. The summed E-state index contributed by atoms with van der Waals surface area (Å²) in [6.07, 6.45) is 2.30. The van der Waals surface area contributed by atoms with E-state index in [1.54, 1.807) is 0 Å². The lowest BCUT2D eigenvalue weighted by atomic mass is 10.0. The van der Waals surface area contributed by atoms with Gasteiger partial charge in [-0.2, -0.15) is 11.8 Å². The van der Waals surface area contributed by atoms with Crippen molar-refractivity contribution in [3.63, 3.8) is 0 Å². The number of carbonyl (C=O) groups excluding carboxylic acids is 1. The molecule has 1 atom stereocenters. The lowest BCUT2D eigenvalue weighted by Crippen LogP contribution is -2.52. The Bertz CT molecular complexity index is 538. The van der Waals surface area contributed by atoms with Gasteiger partial charge in [-0.1, -0.05) is 0 Å². The van der Waals surface area contributed by atoms with Crippen LogP contribution in [0.3, 0.4) is 0 Å². The molecule has 0 saturated carbocycles. The number of amides is 1. The fourth-order valence-corrected chi connectivity index (χ4v) is 1.86. The van der Waals surface area contributed by atoms with Gasteiger partial charge in [0.25, 0.3) is 5.56 Å². The Kier molecular flexibility index (Phi) is 10.5. The van der Waals surface area contributed by atoms with Crippen LogP contribution >= 0.6 is 36.6 Å². The molecule has 0 aliphatic heterocycles. The molecule has 1 aromatic rings. The Labute approximate surface area is 146 Å². The molecule has 0 radical (unpaired) electrons. The molecule has 1 rings (SSSR count). The molecule has 0 aromatic carbocycles. The van der Waals surface area contributed by atoms with E-state index in [4.69, 9.17) is 11.5 Å². The molecule has 0 bridgehead atoms. The zero-order valence-electron chi connectivity index (χ0n) is 12.7. The summed E-state index contributed by atoms with van der Waals surface area (Å²) in [5.74, 6) is 0.374. The Hall–Kier alpha value is -0.960. The van der Waals surface area contributed by atoms with Gasteiger partial charge in [0.1, 0.15) is 11.6 Å². The summed E-state index contributed by atoms with van der Waals surface area (Å²) >= 11 is 1.54. The number of hydrogen-bond acceptors (Lipinski definition) is 6. The maximum Gasteiger partial charge on any atom is 0.252 e. The quantitative estimate of drug-likeness (QED) is 0.570. The van der Waals surface area contributed by atoms with Gasteiger partial charge in [0, 0.05) is 23.8 Å². The molecule has 0 aliphatic carbocycles. The van der Waals surface area contributed by atoms with Crippen LogP contribution in [0.1, 0.15) is 19.7 Å². The Morgan fingerprint density at radius 2 is 2.09 bits per heavy atom. The minimum absolute atomic E-state index is 0. The lowest BCUT2D eigenvalue weighted by molar-refractivity contribution is -0.122. The van der Waals surface area contributed by atoms with E-state index in [2.05, 4.69) is 15.3 Å². The number of aromatic nitrogens is 2. The molecule has 128 valence electrons. The highest BCUT2D eigenvalue weighted by atomic mass is 35.5. The number of halogens is 2. The van der Waals surface area contributed by atoms with Gasteiger partial charge in [-0.05, 0) is 20.1 Å². The number of anilines is 1. The Morgan fingerprint density at radius 1 is 1.50 bits per heavy atom. The van der Waals surface area contributed by atoms with Gasteiger partial charge in [-0.3, -0.25) is 9.59 Å². The normalized spacial score (nSPS) is 11.8. The predicted octanol–water partition coefficient (Wildman–Crippen LogP) is 0.323. The molecule has 0 spiro atoms. The minimum atomic E-state index is -0.606. The summed E-state index contributed by atoms with van der Waals surface area (Å²) in [5.41, 5.74) is 11.1. The number of nitrogens with one attached hydrogen (secondary N) is 2. The first-order valence-electron chi connectivity index (χ1n) is 6.20. The van der Waals surface area contributed by atoms with E-state index < -0.39 is 6.04 Å². The molecule has 7 nitrogen and oxygen atoms in total. The zero-order chi connectivity index (χ0) is 15.3. The number of aromatic amines is 1. The molecule has 1 heterocycles. The summed E-state index contributed by atoms with van der Waals surface area (Å²) in [5, 5.41) is 2.73.